The molecule has 0 aromatic heterocycles. The van der Waals surface area contributed by atoms with E-state index in [4.69, 9.17) is 4.74 Å². The van der Waals surface area contributed by atoms with E-state index in [9.17, 15) is 4.79 Å². The first-order valence-corrected chi connectivity index (χ1v) is 6.84. The van der Waals surface area contributed by atoms with Gasteiger partial charge in [0.1, 0.15) is 0 Å². The molecule has 3 aromatic rings. The van der Waals surface area contributed by atoms with E-state index in [0.29, 0.717) is 5.56 Å². The van der Waals surface area contributed by atoms with E-state index >= 15 is 0 Å². The van der Waals surface area contributed by atoms with Gasteiger partial charge >= 0.3 is 0 Å². The van der Waals surface area contributed by atoms with Crippen LogP contribution in [0.5, 0.6) is 11.5 Å². The quantitative estimate of drug-likeness (QED) is 0.502. The van der Waals surface area contributed by atoms with Gasteiger partial charge in [0.2, 0.25) is 0 Å². The molecule has 102 valence electrons. The first kappa shape index (κ1) is 12.0. The highest BCUT2D eigenvalue weighted by atomic mass is 16.5. The van der Waals surface area contributed by atoms with Crippen LogP contribution >= 0.6 is 0 Å². The Hall–Kier alpha value is -2.81. The highest BCUT2D eigenvalue weighted by Gasteiger charge is 2.19. The number of Topliss-reactive ketones (excluding diaryl/α,β-unsaturated/α-hetero) is 1. The second-order valence-electron chi connectivity index (χ2n) is 5.15. The summed E-state index contributed by atoms with van der Waals surface area (Å²) in [5, 5.41) is 5.66. The van der Waals surface area contributed by atoms with Gasteiger partial charge in [0.25, 0.3) is 0 Å². The van der Waals surface area contributed by atoms with Crippen molar-refractivity contribution in [3.63, 3.8) is 0 Å². The molecule has 0 spiro atoms. The third kappa shape index (κ3) is 1.86. The van der Waals surface area contributed by atoms with E-state index in [1.54, 1.807) is 13.0 Å². The van der Waals surface area contributed by atoms with Crippen molar-refractivity contribution < 1.29 is 9.53 Å². The SMILES string of the molecule is CC(=O)c1ccc2c(c1)Nc1c(ccc3ccccc13)O2. The molecule has 1 aliphatic rings. The molecule has 0 fully saturated rings. The van der Waals surface area contributed by atoms with Crippen LogP contribution in [-0.4, -0.2) is 5.78 Å². The number of hydrogen-bond donors (Lipinski definition) is 1. The molecule has 1 aliphatic heterocycles. The maximum Gasteiger partial charge on any atom is 0.159 e. The fraction of sp³-hybridized carbons (Fsp3) is 0.0556. The van der Waals surface area contributed by atoms with Gasteiger partial charge in [-0.3, -0.25) is 4.79 Å². The van der Waals surface area contributed by atoms with Crippen molar-refractivity contribution in [3.8, 4) is 11.5 Å². The van der Waals surface area contributed by atoms with Crippen molar-refractivity contribution in [2.45, 2.75) is 6.92 Å². The van der Waals surface area contributed by atoms with Gasteiger partial charge in [0.05, 0.1) is 11.4 Å². The molecule has 3 nitrogen and oxygen atoms in total. The van der Waals surface area contributed by atoms with Crippen LogP contribution in [0, 0.1) is 0 Å². The van der Waals surface area contributed by atoms with Crippen molar-refractivity contribution in [1.29, 1.82) is 0 Å². The summed E-state index contributed by atoms with van der Waals surface area (Å²) in [6, 6.07) is 17.6. The summed E-state index contributed by atoms with van der Waals surface area (Å²) in [5.41, 5.74) is 2.45. The van der Waals surface area contributed by atoms with Gasteiger partial charge in [-0.2, -0.15) is 0 Å². The molecular formula is C18H13NO2. The lowest BCUT2D eigenvalue weighted by molar-refractivity contribution is 0.101. The molecule has 0 aliphatic carbocycles. The zero-order chi connectivity index (χ0) is 14.4. The molecule has 0 bridgehead atoms. The van der Waals surface area contributed by atoms with Crippen LogP contribution in [0.25, 0.3) is 10.8 Å². The van der Waals surface area contributed by atoms with E-state index < -0.39 is 0 Å². The van der Waals surface area contributed by atoms with E-state index in [1.165, 1.54) is 0 Å². The number of anilines is 2. The Morgan fingerprint density at radius 1 is 1.00 bits per heavy atom. The second kappa shape index (κ2) is 4.35. The third-order valence-corrected chi connectivity index (χ3v) is 3.76. The highest BCUT2D eigenvalue weighted by Crippen LogP contribution is 2.45. The Morgan fingerprint density at radius 3 is 2.67 bits per heavy atom. The summed E-state index contributed by atoms with van der Waals surface area (Å²) < 4.78 is 5.95. The fourth-order valence-electron chi connectivity index (χ4n) is 2.65. The van der Waals surface area contributed by atoms with Crippen LogP contribution in [0.3, 0.4) is 0 Å². The smallest absolute Gasteiger partial charge is 0.159 e. The maximum atomic E-state index is 11.5. The van der Waals surface area contributed by atoms with Crippen LogP contribution in [0.1, 0.15) is 17.3 Å². The number of nitrogens with one attached hydrogen (secondary N) is 1. The number of ketones is 1. The Balaban J connectivity index is 1.89. The molecule has 0 saturated carbocycles. The molecule has 3 heteroatoms. The number of ether oxygens (including phenoxy) is 1. The summed E-state index contributed by atoms with van der Waals surface area (Å²) in [7, 11) is 0. The second-order valence-corrected chi connectivity index (χ2v) is 5.15. The largest absolute Gasteiger partial charge is 0.453 e. The number of rotatable bonds is 1. The first-order chi connectivity index (χ1) is 10.2. The van der Waals surface area contributed by atoms with E-state index in [1.807, 2.05) is 36.4 Å². The fourth-order valence-corrected chi connectivity index (χ4v) is 2.65. The number of fused-ring (bicyclic) bond motifs is 4. The van der Waals surface area contributed by atoms with Gasteiger partial charge in [0, 0.05) is 10.9 Å². The number of hydrogen-bond acceptors (Lipinski definition) is 3. The van der Waals surface area contributed by atoms with Gasteiger partial charge in [-0.05, 0) is 36.6 Å². The van der Waals surface area contributed by atoms with Crippen LogP contribution < -0.4 is 10.1 Å². The molecule has 0 atom stereocenters. The van der Waals surface area contributed by atoms with Crippen molar-refractivity contribution >= 4 is 27.9 Å². The molecule has 21 heavy (non-hydrogen) atoms. The summed E-state index contributed by atoms with van der Waals surface area (Å²) in [6.07, 6.45) is 0. The number of carbonyl (C=O) groups excluding carboxylic acids is 1. The molecule has 3 aromatic carbocycles. The van der Waals surface area contributed by atoms with E-state index in [2.05, 4.69) is 17.4 Å². The number of benzene rings is 3. The molecule has 0 amide bonds. The molecule has 0 unspecified atom stereocenters. The standard InChI is InChI=1S/C18H13NO2/c1-11(20)13-7-8-16-15(10-13)19-18-14-5-3-2-4-12(14)6-9-17(18)21-16/h2-10,19H,1H3. The minimum atomic E-state index is 0.0447. The average molecular weight is 275 g/mol. The molecule has 0 saturated heterocycles. The lowest BCUT2D eigenvalue weighted by atomic mass is 10.1. The van der Waals surface area contributed by atoms with Crippen LogP contribution in [-0.2, 0) is 0 Å². The minimum Gasteiger partial charge on any atom is -0.453 e. The summed E-state index contributed by atoms with van der Waals surface area (Å²) in [5.74, 6) is 1.59. The van der Waals surface area contributed by atoms with Gasteiger partial charge < -0.3 is 10.1 Å². The molecule has 4 rings (SSSR count). The van der Waals surface area contributed by atoms with Crippen LogP contribution in [0.4, 0.5) is 11.4 Å². The zero-order valence-electron chi connectivity index (χ0n) is 11.5. The van der Waals surface area contributed by atoms with Crippen molar-refractivity contribution in [1.82, 2.24) is 0 Å². The Kier molecular flexibility index (Phi) is 2.48. The predicted octanol–water partition coefficient (Wildman–Crippen LogP) is 4.89. The van der Waals surface area contributed by atoms with E-state index in [0.717, 1.165) is 33.6 Å². The zero-order valence-corrected chi connectivity index (χ0v) is 11.5. The summed E-state index contributed by atoms with van der Waals surface area (Å²) in [4.78, 5) is 11.5. The lowest BCUT2D eigenvalue weighted by Gasteiger charge is -2.23. The summed E-state index contributed by atoms with van der Waals surface area (Å²) >= 11 is 0. The first-order valence-electron chi connectivity index (χ1n) is 6.84. The van der Waals surface area contributed by atoms with Crippen molar-refractivity contribution in [2.24, 2.45) is 0 Å². The molecular weight excluding hydrogens is 262 g/mol. The Labute approximate surface area is 122 Å². The van der Waals surface area contributed by atoms with Gasteiger partial charge in [-0.1, -0.05) is 30.3 Å². The predicted molar refractivity (Wildman–Crippen MR) is 83.8 cm³/mol. The third-order valence-electron chi connectivity index (χ3n) is 3.76. The Bertz CT molecular complexity index is 884. The van der Waals surface area contributed by atoms with Gasteiger partial charge in [-0.15, -0.1) is 0 Å². The Morgan fingerprint density at radius 2 is 1.81 bits per heavy atom. The average Bonchev–Trinajstić information content (AvgIpc) is 2.52. The van der Waals surface area contributed by atoms with Gasteiger partial charge in [0.15, 0.2) is 17.3 Å². The summed E-state index contributed by atoms with van der Waals surface area (Å²) in [6.45, 7) is 1.56. The molecule has 1 N–H and O–H groups in total. The van der Waals surface area contributed by atoms with Crippen LogP contribution in [0.2, 0.25) is 0 Å². The highest BCUT2D eigenvalue weighted by molar-refractivity contribution is 6.01. The van der Waals surface area contributed by atoms with Crippen molar-refractivity contribution in [3.05, 3.63) is 60.2 Å². The lowest BCUT2D eigenvalue weighted by Crippen LogP contribution is -2.05. The minimum absolute atomic E-state index is 0.0447. The maximum absolute atomic E-state index is 11.5. The topological polar surface area (TPSA) is 38.3 Å². The van der Waals surface area contributed by atoms with E-state index in [-0.39, 0.29) is 5.78 Å². The monoisotopic (exact) mass is 275 g/mol. The normalized spacial score (nSPS) is 12.0. The number of carbonyl (C=O) groups is 1. The van der Waals surface area contributed by atoms with Crippen LogP contribution in [0.15, 0.2) is 54.6 Å². The van der Waals surface area contributed by atoms with Crippen molar-refractivity contribution in [2.75, 3.05) is 5.32 Å². The molecule has 0 radical (unpaired) electrons. The molecule has 1 heterocycles. The van der Waals surface area contributed by atoms with Gasteiger partial charge in [-0.25, -0.2) is 0 Å².